The fraction of sp³-hybridized carbons (Fsp3) is 0.379. The first kappa shape index (κ1) is 25.5. The number of pyridine rings is 1. The molecule has 0 bridgehead atoms. The maximum absolute atomic E-state index is 14.2. The zero-order valence-corrected chi connectivity index (χ0v) is 21.8. The van der Waals surface area contributed by atoms with Gasteiger partial charge in [-0.25, -0.2) is 18.7 Å². The van der Waals surface area contributed by atoms with Crippen molar-refractivity contribution in [1.29, 1.82) is 0 Å². The SMILES string of the molecule is CC(C)(O)[C@H](O)c1cc2nc(N3CCC(=Cc4ccc(F)cc4F)CC3)c(-c3cnn(C4CC4)c3)nc2cn1. The third-order valence-electron chi connectivity index (χ3n) is 7.33. The number of benzene rings is 1. The van der Waals surface area contributed by atoms with Crippen LogP contribution in [0.25, 0.3) is 28.4 Å². The predicted octanol–water partition coefficient (Wildman–Crippen LogP) is 4.99. The van der Waals surface area contributed by atoms with Crippen LogP contribution < -0.4 is 4.90 Å². The lowest BCUT2D eigenvalue weighted by Gasteiger charge is -2.31. The van der Waals surface area contributed by atoms with E-state index in [0.29, 0.717) is 65.8 Å². The zero-order chi connectivity index (χ0) is 27.3. The van der Waals surface area contributed by atoms with Crippen LogP contribution in [0.1, 0.15) is 62.9 Å². The molecule has 2 aliphatic rings. The first-order chi connectivity index (χ1) is 18.7. The Morgan fingerprint density at radius 2 is 1.82 bits per heavy atom. The molecule has 0 unspecified atom stereocenters. The minimum absolute atomic E-state index is 0.315. The predicted molar refractivity (Wildman–Crippen MR) is 144 cm³/mol. The highest BCUT2D eigenvalue weighted by molar-refractivity contribution is 5.83. The summed E-state index contributed by atoms with van der Waals surface area (Å²) in [7, 11) is 0. The Morgan fingerprint density at radius 1 is 1.05 bits per heavy atom. The van der Waals surface area contributed by atoms with Crippen molar-refractivity contribution >= 4 is 22.9 Å². The van der Waals surface area contributed by atoms with Crippen molar-refractivity contribution in [3.8, 4) is 11.3 Å². The fourth-order valence-corrected chi connectivity index (χ4v) is 4.88. The Morgan fingerprint density at radius 3 is 2.51 bits per heavy atom. The van der Waals surface area contributed by atoms with Crippen molar-refractivity contribution in [1.82, 2.24) is 24.7 Å². The lowest BCUT2D eigenvalue weighted by atomic mass is 9.98. The molecule has 2 fully saturated rings. The molecule has 10 heteroatoms. The topological polar surface area (TPSA) is 100 Å². The molecule has 1 aliphatic heterocycles. The summed E-state index contributed by atoms with van der Waals surface area (Å²) < 4.78 is 29.5. The van der Waals surface area contributed by atoms with Gasteiger partial charge in [-0.15, -0.1) is 0 Å². The van der Waals surface area contributed by atoms with Gasteiger partial charge in [-0.1, -0.05) is 11.6 Å². The minimum atomic E-state index is -1.37. The Balaban J connectivity index is 1.35. The zero-order valence-electron chi connectivity index (χ0n) is 21.8. The van der Waals surface area contributed by atoms with E-state index in [4.69, 9.17) is 9.97 Å². The van der Waals surface area contributed by atoms with Gasteiger partial charge < -0.3 is 15.1 Å². The van der Waals surface area contributed by atoms with Gasteiger partial charge in [-0.2, -0.15) is 5.10 Å². The molecule has 6 rings (SSSR count). The van der Waals surface area contributed by atoms with E-state index in [-0.39, 0.29) is 0 Å². The molecule has 1 saturated carbocycles. The normalized spacial score (nSPS) is 17.1. The molecule has 4 heterocycles. The van der Waals surface area contributed by atoms with E-state index < -0.39 is 23.3 Å². The molecule has 8 nitrogen and oxygen atoms in total. The third kappa shape index (κ3) is 5.26. The molecule has 0 amide bonds. The summed E-state index contributed by atoms with van der Waals surface area (Å²) in [6.07, 6.45) is 9.61. The molecule has 1 aliphatic carbocycles. The van der Waals surface area contributed by atoms with E-state index in [1.807, 2.05) is 17.1 Å². The van der Waals surface area contributed by atoms with E-state index in [9.17, 15) is 19.0 Å². The Labute approximate surface area is 224 Å². The van der Waals surface area contributed by atoms with Crippen LogP contribution in [-0.2, 0) is 0 Å². The van der Waals surface area contributed by atoms with Crippen LogP contribution in [0.3, 0.4) is 0 Å². The molecule has 3 aromatic heterocycles. The average molecular weight is 533 g/mol. The standard InChI is InChI=1S/C29H30F2N6O2/c1-29(2,39)27(38)24-13-23-25(15-32-24)34-26(19-14-33-37(16-19)21-5-6-21)28(35-23)36-9-7-17(8-10-36)11-18-3-4-20(30)12-22(18)31/h3-4,11-16,21,27,38-39H,5-10H2,1-2H3/t27-/m1/s1. The largest absolute Gasteiger partial charge is 0.387 e. The van der Waals surface area contributed by atoms with E-state index in [1.54, 1.807) is 18.3 Å². The number of nitrogens with zero attached hydrogens (tertiary/aromatic N) is 6. The third-order valence-corrected chi connectivity index (χ3v) is 7.33. The summed E-state index contributed by atoms with van der Waals surface area (Å²) in [5.74, 6) is -0.469. The van der Waals surface area contributed by atoms with Crippen molar-refractivity contribution in [2.45, 2.75) is 57.3 Å². The second-order valence-electron chi connectivity index (χ2n) is 10.9. The number of rotatable bonds is 6. The van der Waals surface area contributed by atoms with Crippen LogP contribution in [0.2, 0.25) is 0 Å². The molecule has 2 N–H and O–H groups in total. The second-order valence-corrected chi connectivity index (χ2v) is 10.9. The van der Waals surface area contributed by atoms with Crippen LogP contribution in [-0.4, -0.2) is 53.6 Å². The molecule has 1 atom stereocenters. The number of anilines is 1. The first-order valence-electron chi connectivity index (χ1n) is 13.2. The average Bonchev–Trinajstić information content (AvgIpc) is 3.65. The maximum atomic E-state index is 14.2. The smallest absolute Gasteiger partial charge is 0.156 e. The van der Waals surface area contributed by atoms with Gasteiger partial charge in [0.25, 0.3) is 0 Å². The fourth-order valence-electron chi connectivity index (χ4n) is 4.88. The number of hydrogen-bond donors (Lipinski definition) is 2. The van der Waals surface area contributed by atoms with Crippen LogP contribution in [0.4, 0.5) is 14.6 Å². The maximum Gasteiger partial charge on any atom is 0.156 e. The van der Waals surface area contributed by atoms with Crippen molar-refractivity contribution < 1.29 is 19.0 Å². The van der Waals surface area contributed by atoms with Crippen LogP contribution in [0, 0.1) is 11.6 Å². The molecular weight excluding hydrogens is 502 g/mol. The number of aliphatic hydroxyl groups excluding tert-OH is 1. The monoisotopic (exact) mass is 532 g/mol. The van der Waals surface area contributed by atoms with Gasteiger partial charge in [0.2, 0.25) is 0 Å². The van der Waals surface area contributed by atoms with Crippen LogP contribution >= 0.6 is 0 Å². The molecule has 39 heavy (non-hydrogen) atoms. The molecule has 1 saturated heterocycles. The number of aromatic nitrogens is 5. The summed E-state index contributed by atoms with van der Waals surface area (Å²) in [6, 6.07) is 5.72. The van der Waals surface area contributed by atoms with E-state index >= 15 is 0 Å². The molecular formula is C29H30F2N6O2. The van der Waals surface area contributed by atoms with Crippen molar-refractivity contribution in [3.63, 3.8) is 0 Å². The number of fused-ring (bicyclic) bond motifs is 1. The quantitative estimate of drug-likeness (QED) is 0.361. The minimum Gasteiger partial charge on any atom is -0.387 e. The highest BCUT2D eigenvalue weighted by Crippen LogP contribution is 2.37. The molecule has 0 spiro atoms. The van der Waals surface area contributed by atoms with Gasteiger partial charge in [-0.05, 0) is 57.7 Å². The Kier molecular flexibility index (Phi) is 6.39. The highest BCUT2D eigenvalue weighted by atomic mass is 19.1. The van der Waals surface area contributed by atoms with E-state index in [0.717, 1.165) is 30.0 Å². The number of halogens is 2. The molecule has 4 aromatic rings. The molecule has 0 radical (unpaired) electrons. The van der Waals surface area contributed by atoms with Gasteiger partial charge >= 0.3 is 0 Å². The van der Waals surface area contributed by atoms with Gasteiger partial charge in [0, 0.05) is 36.5 Å². The Bertz CT molecular complexity index is 1560. The highest BCUT2D eigenvalue weighted by Gasteiger charge is 2.29. The van der Waals surface area contributed by atoms with Gasteiger partial charge in [0.05, 0.1) is 35.2 Å². The lowest BCUT2D eigenvalue weighted by Crippen LogP contribution is -2.32. The lowest BCUT2D eigenvalue weighted by molar-refractivity contribution is -0.0516. The van der Waals surface area contributed by atoms with Crippen LogP contribution in [0.15, 0.2) is 48.4 Å². The van der Waals surface area contributed by atoms with Crippen molar-refractivity contribution in [2.24, 2.45) is 0 Å². The summed E-state index contributed by atoms with van der Waals surface area (Å²) in [6.45, 7) is 4.33. The van der Waals surface area contributed by atoms with E-state index in [1.165, 1.54) is 26.0 Å². The first-order valence-corrected chi connectivity index (χ1v) is 13.2. The summed E-state index contributed by atoms with van der Waals surface area (Å²) in [5, 5.41) is 25.4. The van der Waals surface area contributed by atoms with Crippen molar-refractivity contribution in [3.05, 3.63) is 71.3 Å². The molecule has 202 valence electrons. The molecule has 1 aromatic carbocycles. The van der Waals surface area contributed by atoms with Crippen LogP contribution in [0.5, 0.6) is 0 Å². The van der Waals surface area contributed by atoms with Gasteiger partial charge in [-0.3, -0.25) is 9.67 Å². The summed E-state index contributed by atoms with van der Waals surface area (Å²) >= 11 is 0. The van der Waals surface area contributed by atoms with Gasteiger partial charge in [0.1, 0.15) is 28.9 Å². The van der Waals surface area contributed by atoms with Gasteiger partial charge in [0.15, 0.2) is 5.82 Å². The second kappa shape index (κ2) is 9.77. The number of hydrogen-bond acceptors (Lipinski definition) is 7. The van der Waals surface area contributed by atoms with E-state index in [2.05, 4.69) is 15.0 Å². The number of aliphatic hydroxyl groups is 2. The Hall–Kier alpha value is -3.76. The summed E-state index contributed by atoms with van der Waals surface area (Å²) in [4.78, 5) is 16.4. The van der Waals surface area contributed by atoms with Crippen molar-refractivity contribution in [2.75, 3.05) is 18.0 Å². The summed E-state index contributed by atoms with van der Waals surface area (Å²) in [5.41, 5.74) is 3.10. The number of piperidine rings is 1.